The first-order valence-electron chi connectivity index (χ1n) is 7.63. The summed E-state index contributed by atoms with van der Waals surface area (Å²) < 4.78 is 60.3. The molecular weight excluding hydrogens is 342 g/mol. The summed E-state index contributed by atoms with van der Waals surface area (Å²) in [5, 5.41) is 2.12. The van der Waals surface area contributed by atoms with E-state index in [2.05, 4.69) is 10.3 Å². The molecule has 1 saturated carbocycles. The molecule has 0 aromatic heterocycles. The van der Waals surface area contributed by atoms with Crippen molar-refractivity contribution in [2.75, 3.05) is 11.9 Å². The largest absolute Gasteiger partial charge is 0.475 e. The Bertz CT molecular complexity index is 762. The van der Waals surface area contributed by atoms with E-state index in [0.29, 0.717) is 0 Å². The molecule has 2 aliphatic rings. The quantitative estimate of drug-likeness (QED) is 0.643. The van der Waals surface area contributed by atoms with Crippen LogP contribution in [0.3, 0.4) is 0 Å². The molecular formula is C16H17F4N3O2. The highest BCUT2D eigenvalue weighted by Gasteiger charge is 2.61. The molecule has 1 fully saturated rings. The van der Waals surface area contributed by atoms with Crippen molar-refractivity contribution in [3.05, 3.63) is 29.6 Å². The third-order valence-electron chi connectivity index (χ3n) is 4.49. The predicted octanol–water partition coefficient (Wildman–Crippen LogP) is 2.60. The Hall–Kier alpha value is -2.16. The van der Waals surface area contributed by atoms with Crippen LogP contribution < -0.4 is 11.1 Å². The number of benzene rings is 1. The summed E-state index contributed by atoms with van der Waals surface area (Å²) in [6, 6.07) is 3.86. The van der Waals surface area contributed by atoms with Crippen molar-refractivity contribution in [1.82, 2.24) is 0 Å². The number of halogens is 4. The van der Waals surface area contributed by atoms with Crippen LogP contribution in [0.2, 0.25) is 0 Å². The Morgan fingerprint density at radius 2 is 2.00 bits per heavy atom. The fourth-order valence-corrected chi connectivity index (χ4v) is 2.35. The lowest BCUT2D eigenvalue weighted by atomic mass is 9.92. The minimum atomic E-state index is -3.06. The molecule has 3 N–H and O–H groups in total. The van der Waals surface area contributed by atoms with E-state index in [0.717, 1.165) is 6.92 Å². The third-order valence-corrected chi connectivity index (χ3v) is 4.49. The van der Waals surface area contributed by atoms with Gasteiger partial charge in [-0.25, -0.2) is 22.6 Å². The Balaban J connectivity index is 1.87. The average molecular weight is 359 g/mol. The van der Waals surface area contributed by atoms with Crippen molar-refractivity contribution in [3.63, 3.8) is 0 Å². The van der Waals surface area contributed by atoms with Gasteiger partial charge in [-0.3, -0.25) is 4.79 Å². The molecule has 1 heterocycles. The summed E-state index contributed by atoms with van der Waals surface area (Å²) in [4.78, 5) is 15.4. The number of carbonyl (C=O) groups is 1. The van der Waals surface area contributed by atoms with E-state index in [1.807, 2.05) is 0 Å². The number of nitrogens with one attached hydrogen (secondary N) is 1. The molecule has 1 aromatic carbocycles. The fraction of sp³-hybridized carbons (Fsp3) is 0.500. The van der Waals surface area contributed by atoms with Crippen molar-refractivity contribution in [3.8, 4) is 0 Å². The Morgan fingerprint density at radius 1 is 1.36 bits per heavy atom. The number of hydrogen-bond donors (Lipinski definition) is 2. The topological polar surface area (TPSA) is 76.7 Å². The van der Waals surface area contributed by atoms with Crippen LogP contribution in [-0.4, -0.2) is 35.7 Å². The molecule has 1 aliphatic carbocycles. The summed E-state index contributed by atoms with van der Waals surface area (Å²) >= 11 is 0. The van der Waals surface area contributed by atoms with E-state index >= 15 is 0 Å². The van der Waals surface area contributed by atoms with Gasteiger partial charge in [0.1, 0.15) is 18.1 Å². The third kappa shape index (κ3) is 3.08. The lowest BCUT2D eigenvalue weighted by molar-refractivity contribution is -0.119. The number of ether oxygens (including phenoxy) is 1. The van der Waals surface area contributed by atoms with E-state index < -0.39 is 41.3 Å². The van der Waals surface area contributed by atoms with E-state index in [1.165, 1.54) is 25.1 Å². The Kier molecular flexibility index (Phi) is 3.83. The van der Waals surface area contributed by atoms with Gasteiger partial charge in [-0.05, 0) is 26.0 Å². The number of alkyl halides is 3. The standard InChI is InChI=1S/C16H17F4N3O2/c1-14(21)7-25-13(23-15(14,2)18)8-4-3-5-10(11(8)17)22-12(24)9-6-16(9,19)20/h3-5,9H,6-7,21H2,1-2H3,(H,22,24)/t9?,14-,15+/m1/s1. The van der Waals surface area contributed by atoms with E-state index in [4.69, 9.17) is 10.5 Å². The lowest BCUT2D eigenvalue weighted by Crippen LogP contribution is -2.59. The number of nitrogens with two attached hydrogens (primary N) is 1. The maximum Gasteiger partial charge on any atom is 0.260 e. The molecule has 0 radical (unpaired) electrons. The van der Waals surface area contributed by atoms with Gasteiger partial charge in [0.25, 0.3) is 5.92 Å². The smallest absolute Gasteiger partial charge is 0.260 e. The van der Waals surface area contributed by atoms with Crippen molar-refractivity contribution < 1.29 is 27.1 Å². The predicted molar refractivity (Wildman–Crippen MR) is 82.7 cm³/mol. The van der Waals surface area contributed by atoms with Crippen molar-refractivity contribution in [2.45, 2.75) is 37.5 Å². The molecule has 136 valence electrons. The van der Waals surface area contributed by atoms with Crippen LogP contribution >= 0.6 is 0 Å². The summed E-state index contributed by atoms with van der Waals surface area (Å²) in [6.07, 6.45) is -0.564. The maximum absolute atomic E-state index is 14.6. The first kappa shape index (κ1) is 17.7. The number of anilines is 1. The second-order valence-electron chi connectivity index (χ2n) is 6.75. The van der Waals surface area contributed by atoms with Gasteiger partial charge >= 0.3 is 0 Å². The molecule has 5 nitrogen and oxygen atoms in total. The number of hydrogen-bond acceptors (Lipinski definition) is 4. The SMILES string of the molecule is C[C@]1(F)N=C(c2cccc(NC(=O)C3CC3(F)F)c2F)OC[C@@]1(C)N. The molecule has 1 aliphatic heterocycles. The summed E-state index contributed by atoms with van der Waals surface area (Å²) in [6.45, 7) is 2.33. The zero-order chi connectivity index (χ0) is 18.6. The average Bonchev–Trinajstić information content (AvgIpc) is 3.13. The van der Waals surface area contributed by atoms with Gasteiger partial charge in [0, 0.05) is 6.42 Å². The molecule has 0 spiro atoms. The normalized spacial score (nSPS) is 33.2. The van der Waals surface area contributed by atoms with Gasteiger partial charge < -0.3 is 15.8 Å². The summed E-state index contributed by atoms with van der Waals surface area (Å²) in [5.41, 5.74) is 3.87. The van der Waals surface area contributed by atoms with Crippen molar-refractivity contribution in [2.24, 2.45) is 16.6 Å². The molecule has 0 bridgehead atoms. The van der Waals surface area contributed by atoms with Crippen LogP contribution in [0.5, 0.6) is 0 Å². The highest BCUT2D eigenvalue weighted by atomic mass is 19.3. The van der Waals surface area contributed by atoms with Crippen molar-refractivity contribution >= 4 is 17.5 Å². The number of amides is 1. The molecule has 1 unspecified atom stereocenters. The van der Waals surface area contributed by atoms with Crippen LogP contribution in [0.25, 0.3) is 0 Å². The number of carbonyl (C=O) groups excluding carboxylic acids is 1. The van der Waals surface area contributed by atoms with Gasteiger partial charge in [-0.1, -0.05) is 6.07 Å². The van der Waals surface area contributed by atoms with Crippen molar-refractivity contribution in [1.29, 1.82) is 0 Å². The molecule has 1 amide bonds. The molecule has 25 heavy (non-hydrogen) atoms. The van der Waals surface area contributed by atoms with Gasteiger partial charge in [0.2, 0.25) is 17.6 Å². The Morgan fingerprint density at radius 3 is 2.56 bits per heavy atom. The van der Waals surface area contributed by atoms with Crippen LogP contribution in [0.1, 0.15) is 25.8 Å². The fourth-order valence-electron chi connectivity index (χ4n) is 2.35. The molecule has 0 saturated heterocycles. The van der Waals surface area contributed by atoms with E-state index in [-0.39, 0.29) is 23.8 Å². The monoisotopic (exact) mass is 359 g/mol. The minimum absolute atomic E-state index is 0.195. The second kappa shape index (κ2) is 5.42. The highest BCUT2D eigenvalue weighted by Crippen LogP contribution is 2.49. The van der Waals surface area contributed by atoms with E-state index in [9.17, 15) is 22.4 Å². The second-order valence-corrected chi connectivity index (χ2v) is 6.75. The minimum Gasteiger partial charge on any atom is -0.475 e. The number of rotatable bonds is 3. The van der Waals surface area contributed by atoms with Gasteiger partial charge in [0.05, 0.1) is 11.3 Å². The maximum atomic E-state index is 14.6. The van der Waals surface area contributed by atoms with Gasteiger partial charge in [-0.15, -0.1) is 0 Å². The summed E-state index contributed by atoms with van der Waals surface area (Å²) in [7, 11) is 0. The summed E-state index contributed by atoms with van der Waals surface area (Å²) in [5.74, 6) is -8.95. The lowest BCUT2D eigenvalue weighted by Gasteiger charge is -2.38. The van der Waals surface area contributed by atoms with Crippen LogP contribution in [-0.2, 0) is 9.53 Å². The van der Waals surface area contributed by atoms with Crippen LogP contribution in [0.4, 0.5) is 23.2 Å². The van der Waals surface area contributed by atoms with Gasteiger partial charge in [0.15, 0.2) is 5.82 Å². The van der Waals surface area contributed by atoms with Gasteiger partial charge in [-0.2, -0.15) is 0 Å². The first-order chi connectivity index (χ1) is 11.4. The number of aliphatic imine (C=N–C) groups is 1. The van der Waals surface area contributed by atoms with E-state index in [1.54, 1.807) is 0 Å². The molecule has 1 aromatic rings. The Labute approximate surface area is 141 Å². The molecule has 3 rings (SSSR count). The zero-order valence-electron chi connectivity index (χ0n) is 13.6. The first-order valence-corrected chi connectivity index (χ1v) is 7.63. The highest BCUT2D eigenvalue weighted by molar-refractivity contribution is 5.99. The molecule has 9 heteroatoms. The van der Waals surface area contributed by atoms with Crippen LogP contribution in [0, 0.1) is 11.7 Å². The number of nitrogens with zero attached hydrogens (tertiary/aromatic N) is 1. The molecule has 3 atom stereocenters. The zero-order valence-corrected chi connectivity index (χ0v) is 13.6. The van der Waals surface area contributed by atoms with Crippen LogP contribution in [0.15, 0.2) is 23.2 Å².